The van der Waals surface area contributed by atoms with E-state index in [0.29, 0.717) is 16.1 Å². The second-order valence-corrected chi connectivity index (χ2v) is 7.11. The lowest BCUT2D eigenvalue weighted by Crippen LogP contribution is -2.15. The summed E-state index contributed by atoms with van der Waals surface area (Å²) in [5, 5.41) is 3.81. The predicted octanol–water partition coefficient (Wildman–Crippen LogP) is 3.69. The van der Waals surface area contributed by atoms with Gasteiger partial charge in [0.25, 0.3) is 5.91 Å². The molecule has 0 radical (unpaired) electrons. The molecule has 5 nitrogen and oxygen atoms in total. The Labute approximate surface area is 142 Å². The second-order valence-electron chi connectivity index (χ2n) is 6.02. The third kappa shape index (κ3) is 2.73. The molecule has 24 heavy (non-hydrogen) atoms. The maximum Gasteiger partial charge on any atom is 0.293 e. The Hall–Kier alpha value is -2.47. The number of amides is 1. The molecule has 1 N–H and O–H groups in total. The van der Waals surface area contributed by atoms with Crippen molar-refractivity contribution in [2.24, 2.45) is 0 Å². The molecule has 1 aliphatic carbocycles. The van der Waals surface area contributed by atoms with Crippen LogP contribution in [0.4, 0.5) is 5.13 Å². The Morgan fingerprint density at radius 3 is 2.92 bits per heavy atom. The van der Waals surface area contributed by atoms with Gasteiger partial charge >= 0.3 is 0 Å². The third-order valence-electron chi connectivity index (χ3n) is 4.17. The van der Waals surface area contributed by atoms with Gasteiger partial charge in [0.15, 0.2) is 16.3 Å². The minimum atomic E-state index is -0.444. The molecule has 1 aliphatic rings. The quantitative estimate of drug-likeness (QED) is 0.772. The fourth-order valence-corrected chi connectivity index (χ4v) is 3.99. The number of nitrogens with one attached hydrogen (secondary N) is 1. The second kappa shape index (κ2) is 5.87. The third-order valence-corrected chi connectivity index (χ3v) is 5.25. The lowest BCUT2D eigenvalue weighted by atomic mass is 10.0. The number of rotatable bonds is 2. The largest absolute Gasteiger partial charge is 0.451 e. The summed E-state index contributed by atoms with van der Waals surface area (Å²) in [7, 11) is 0. The molecule has 0 spiro atoms. The zero-order chi connectivity index (χ0) is 16.7. The van der Waals surface area contributed by atoms with Crippen molar-refractivity contribution in [3.05, 3.63) is 56.4 Å². The number of hydrogen-bond acceptors (Lipinski definition) is 5. The molecule has 4 rings (SSSR count). The van der Waals surface area contributed by atoms with Crippen LogP contribution in [-0.2, 0) is 12.8 Å². The maximum atomic E-state index is 12.4. The monoisotopic (exact) mass is 340 g/mol. The van der Waals surface area contributed by atoms with E-state index in [1.54, 1.807) is 12.1 Å². The van der Waals surface area contributed by atoms with Crippen LogP contribution < -0.4 is 10.7 Å². The highest BCUT2D eigenvalue weighted by Crippen LogP contribution is 2.29. The SMILES string of the molecule is Cc1ccc2oc(C(=O)Nc3nc4c(s3)CCCC4)cc(=O)c2c1. The van der Waals surface area contributed by atoms with Gasteiger partial charge in [-0.05, 0) is 44.7 Å². The zero-order valence-electron chi connectivity index (χ0n) is 13.2. The van der Waals surface area contributed by atoms with E-state index in [2.05, 4.69) is 10.3 Å². The van der Waals surface area contributed by atoms with Crippen LogP contribution >= 0.6 is 11.3 Å². The van der Waals surface area contributed by atoms with Gasteiger partial charge in [0.1, 0.15) is 5.58 Å². The van der Waals surface area contributed by atoms with E-state index in [1.807, 2.05) is 13.0 Å². The van der Waals surface area contributed by atoms with Gasteiger partial charge in [0.05, 0.1) is 11.1 Å². The summed E-state index contributed by atoms with van der Waals surface area (Å²) in [6, 6.07) is 6.56. The highest BCUT2D eigenvalue weighted by atomic mass is 32.1. The lowest BCUT2D eigenvalue weighted by Gasteiger charge is -2.06. The van der Waals surface area contributed by atoms with Gasteiger partial charge in [-0.15, -0.1) is 11.3 Å². The Morgan fingerprint density at radius 1 is 1.25 bits per heavy atom. The van der Waals surface area contributed by atoms with E-state index in [9.17, 15) is 9.59 Å². The molecule has 0 fully saturated rings. The van der Waals surface area contributed by atoms with Crippen LogP contribution in [-0.4, -0.2) is 10.9 Å². The highest BCUT2D eigenvalue weighted by Gasteiger charge is 2.18. The number of carbonyl (C=O) groups is 1. The molecular weight excluding hydrogens is 324 g/mol. The summed E-state index contributed by atoms with van der Waals surface area (Å²) in [5.74, 6) is -0.440. The van der Waals surface area contributed by atoms with E-state index in [0.717, 1.165) is 30.5 Å². The van der Waals surface area contributed by atoms with Crippen molar-refractivity contribution < 1.29 is 9.21 Å². The molecule has 0 unspecified atom stereocenters. The molecule has 1 aromatic carbocycles. The van der Waals surface area contributed by atoms with Crippen molar-refractivity contribution in [1.29, 1.82) is 0 Å². The first kappa shape index (κ1) is 15.1. The van der Waals surface area contributed by atoms with Crippen LogP contribution in [0.5, 0.6) is 0 Å². The van der Waals surface area contributed by atoms with Gasteiger partial charge in [0.2, 0.25) is 0 Å². The average molecular weight is 340 g/mol. The first-order valence-electron chi connectivity index (χ1n) is 7.94. The van der Waals surface area contributed by atoms with Crippen molar-refractivity contribution in [2.75, 3.05) is 5.32 Å². The molecule has 0 bridgehead atoms. The molecule has 2 aromatic heterocycles. The molecule has 122 valence electrons. The van der Waals surface area contributed by atoms with E-state index < -0.39 is 5.91 Å². The van der Waals surface area contributed by atoms with E-state index in [4.69, 9.17) is 4.42 Å². The average Bonchev–Trinajstić information content (AvgIpc) is 2.97. The van der Waals surface area contributed by atoms with Gasteiger partial charge in [-0.2, -0.15) is 0 Å². The van der Waals surface area contributed by atoms with Crippen molar-refractivity contribution in [2.45, 2.75) is 32.6 Å². The van der Waals surface area contributed by atoms with Crippen LogP contribution in [0.25, 0.3) is 11.0 Å². The first-order chi connectivity index (χ1) is 11.6. The van der Waals surface area contributed by atoms with Gasteiger partial charge in [-0.3, -0.25) is 14.9 Å². The van der Waals surface area contributed by atoms with Crippen molar-refractivity contribution in [1.82, 2.24) is 4.98 Å². The Kier molecular flexibility index (Phi) is 3.69. The lowest BCUT2D eigenvalue weighted by molar-refractivity contribution is 0.0997. The summed E-state index contributed by atoms with van der Waals surface area (Å²) in [6.45, 7) is 1.91. The molecule has 0 atom stereocenters. The maximum absolute atomic E-state index is 12.4. The summed E-state index contributed by atoms with van der Waals surface area (Å²) < 4.78 is 5.60. The number of thiazole rings is 1. The number of aryl methyl sites for hydroxylation is 3. The fraction of sp³-hybridized carbons (Fsp3) is 0.278. The summed E-state index contributed by atoms with van der Waals surface area (Å²) in [5.41, 5.74) is 2.25. The number of anilines is 1. The number of aromatic nitrogens is 1. The van der Waals surface area contributed by atoms with Crippen LogP contribution in [0.15, 0.2) is 33.5 Å². The number of nitrogens with zero attached hydrogens (tertiary/aromatic N) is 1. The Balaban J connectivity index is 1.64. The van der Waals surface area contributed by atoms with Gasteiger partial charge in [-0.1, -0.05) is 11.6 Å². The highest BCUT2D eigenvalue weighted by molar-refractivity contribution is 7.15. The molecule has 0 aliphatic heterocycles. The van der Waals surface area contributed by atoms with E-state index in [-0.39, 0.29) is 11.2 Å². The summed E-state index contributed by atoms with van der Waals surface area (Å²) >= 11 is 1.51. The normalized spacial score (nSPS) is 13.7. The van der Waals surface area contributed by atoms with Crippen LogP contribution in [0.3, 0.4) is 0 Å². The van der Waals surface area contributed by atoms with Crippen molar-refractivity contribution >= 4 is 33.3 Å². The van der Waals surface area contributed by atoms with E-state index in [1.165, 1.54) is 28.7 Å². The molecule has 1 amide bonds. The van der Waals surface area contributed by atoms with E-state index >= 15 is 0 Å². The number of fused-ring (bicyclic) bond motifs is 2. The molecule has 0 saturated heterocycles. The minimum Gasteiger partial charge on any atom is -0.451 e. The minimum absolute atomic E-state index is 0.00419. The number of benzene rings is 1. The number of carbonyl (C=O) groups excluding carboxylic acids is 1. The Morgan fingerprint density at radius 2 is 2.08 bits per heavy atom. The van der Waals surface area contributed by atoms with Gasteiger partial charge in [0, 0.05) is 10.9 Å². The van der Waals surface area contributed by atoms with Crippen molar-refractivity contribution in [3.8, 4) is 0 Å². The smallest absolute Gasteiger partial charge is 0.293 e. The van der Waals surface area contributed by atoms with Crippen LogP contribution in [0, 0.1) is 6.92 Å². The standard InChI is InChI=1S/C18H16N2O3S/c1-10-6-7-14-11(8-10)13(21)9-15(23-14)17(22)20-18-19-12-4-2-3-5-16(12)24-18/h6-9H,2-5H2,1H3,(H,19,20,22). The molecule has 2 heterocycles. The van der Waals surface area contributed by atoms with Crippen LogP contribution in [0.2, 0.25) is 0 Å². The molecule has 0 saturated carbocycles. The Bertz CT molecular complexity index is 980. The zero-order valence-corrected chi connectivity index (χ0v) is 14.0. The molecule has 3 aromatic rings. The summed E-state index contributed by atoms with van der Waals surface area (Å²) in [4.78, 5) is 30.3. The first-order valence-corrected chi connectivity index (χ1v) is 8.76. The fourth-order valence-electron chi connectivity index (χ4n) is 2.95. The van der Waals surface area contributed by atoms with Gasteiger partial charge < -0.3 is 4.42 Å². The summed E-state index contributed by atoms with van der Waals surface area (Å²) in [6.07, 6.45) is 4.30. The van der Waals surface area contributed by atoms with Crippen LogP contribution in [0.1, 0.15) is 39.5 Å². The predicted molar refractivity (Wildman–Crippen MR) is 93.9 cm³/mol. The van der Waals surface area contributed by atoms with Gasteiger partial charge in [-0.25, -0.2) is 4.98 Å². The van der Waals surface area contributed by atoms with Crippen molar-refractivity contribution in [3.63, 3.8) is 0 Å². The topological polar surface area (TPSA) is 72.2 Å². The number of hydrogen-bond donors (Lipinski definition) is 1. The molecular formula is C18H16N2O3S. The molecule has 6 heteroatoms.